The summed E-state index contributed by atoms with van der Waals surface area (Å²) in [5.41, 5.74) is 4.60. The Labute approximate surface area is 376 Å². The number of benzene rings is 2. The number of imide groups is 2. The summed E-state index contributed by atoms with van der Waals surface area (Å²) in [7, 11) is 2.05. The van der Waals surface area contributed by atoms with Gasteiger partial charge in [-0.2, -0.15) is 10.2 Å². The molecule has 1 aliphatic carbocycles. The molecule has 2 atom stereocenters. The maximum Gasteiger partial charge on any atom is 0.276 e. The summed E-state index contributed by atoms with van der Waals surface area (Å²) in [5.74, 6) is -3.33. The first kappa shape index (κ1) is 46.9. The molecule has 2 aromatic carbocycles. The van der Waals surface area contributed by atoms with Gasteiger partial charge >= 0.3 is 0 Å². The van der Waals surface area contributed by atoms with E-state index in [0.717, 1.165) is 60.5 Å². The number of aromatic nitrogens is 4. The van der Waals surface area contributed by atoms with Crippen LogP contribution in [-0.4, -0.2) is 144 Å². The molecule has 4 N–H and O–H groups in total. The van der Waals surface area contributed by atoms with Crippen molar-refractivity contribution in [3.8, 4) is 0 Å². The Kier molecular flexibility index (Phi) is 15.6. The van der Waals surface area contributed by atoms with E-state index in [0.29, 0.717) is 44.4 Å². The fourth-order valence-corrected chi connectivity index (χ4v) is 8.23. The normalized spacial score (nSPS) is 17.2. The molecule has 7 rings (SSSR count). The van der Waals surface area contributed by atoms with Gasteiger partial charge < -0.3 is 34.5 Å². The molecule has 2 aromatic heterocycles. The molecule has 2 unspecified atom stereocenters. The number of H-pyrrole nitrogens is 1. The van der Waals surface area contributed by atoms with E-state index in [9.17, 15) is 28.8 Å². The van der Waals surface area contributed by atoms with Gasteiger partial charge in [-0.05, 0) is 62.3 Å². The lowest BCUT2D eigenvalue weighted by molar-refractivity contribution is -0.136. The average molecular weight is 896 g/mol. The molecule has 0 saturated carbocycles. The summed E-state index contributed by atoms with van der Waals surface area (Å²) in [6, 6.07) is 13.5. The second kappa shape index (κ2) is 21.7. The lowest BCUT2D eigenvalue weighted by Gasteiger charge is -2.28. The number of aromatic amines is 1. The van der Waals surface area contributed by atoms with Gasteiger partial charge in [0.05, 0.1) is 81.0 Å². The van der Waals surface area contributed by atoms with E-state index in [1.54, 1.807) is 6.20 Å². The maximum atomic E-state index is 13.3. The number of nitrogens with zero attached hydrogens (tertiary/aromatic N) is 5. The topological polar surface area (TPSA) is 228 Å². The third-order valence-electron chi connectivity index (χ3n) is 11.7. The number of fused-ring (bicyclic) bond motifs is 2. The zero-order valence-corrected chi connectivity index (χ0v) is 37.1. The summed E-state index contributed by atoms with van der Waals surface area (Å²) in [6.45, 7) is 8.07. The molecule has 346 valence electrons. The van der Waals surface area contributed by atoms with Crippen LogP contribution in [0.3, 0.4) is 0 Å². The molecule has 1 saturated heterocycles. The monoisotopic (exact) mass is 895 g/mol. The van der Waals surface area contributed by atoms with Gasteiger partial charge in [-0.15, -0.1) is 0 Å². The molecule has 1 fully saturated rings. The maximum absolute atomic E-state index is 13.3. The van der Waals surface area contributed by atoms with Crippen LogP contribution in [-0.2, 0) is 46.2 Å². The molecule has 2 aliphatic heterocycles. The molecular weight excluding hydrogens is 839 g/mol. The van der Waals surface area contributed by atoms with Gasteiger partial charge in [-0.25, -0.2) is 0 Å². The number of piperidine rings is 1. The summed E-state index contributed by atoms with van der Waals surface area (Å²) in [6.07, 6.45) is 7.08. The Hall–Kier alpha value is -6.12. The quantitative estimate of drug-likeness (QED) is 0.0620. The van der Waals surface area contributed by atoms with Crippen LogP contribution >= 0.6 is 0 Å². The van der Waals surface area contributed by atoms with E-state index in [2.05, 4.69) is 69.2 Å². The highest BCUT2D eigenvalue weighted by molar-refractivity contribution is 6.26. The minimum absolute atomic E-state index is 0.00551. The van der Waals surface area contributed by atoms with E-state index in [4.69, 9.17) is 18.9 Å². The molecule has 3 aliphatic rings. The van der Waals surface area contributed by atoms with E-state index in [-0.39, 0.29) is 66.8 Å². The van der Waals surface area contributed by atoms with Crippen LogP contribution in [0.4, 0.5) is 11.4 Å². The number of rotatable bonds is 23. The summed E-state index contributed by atoms with van der Waals surface area (Å²) >= 11 is 0. The Bertz CT molecular complexity index is 2350. The fourth-order valence-electron chi connectivity index (χ4n) is 8.23. The van der Waals surface area contributed by atoms with Gasteiger partial charge in [0.2, 0.25) is 17.7 Å². The van der Waals surface area contributed by atoms with Crippen molar-refractivity contribution in [2.45, 2.75) is 64.5 Å². The summed E-state index contributed by atoms with van der Waals surface area (Å²) < 4.78 is 24.3. The van der Waals surface area contributed by atoms with Crippen molar-refractivity contribution in [2.24, 2.45) is 5.41 Å². The summed E-state index contributed by atoms with van der Waals surface area (Å²) in [4.78, 5) is 79.1. The number of ether oxygens (including phenoxy) is 4. The average Bonchev–Trinajstić information content (AvgIpc) is 3.98. The lowest BCUT2D eigenvalue weighted by Crippen LogP contribution is -2.54. The van der Waals surface area contributed by atoms with Crippen LogP contribution in [0, 0.1) is 5.41 Å². The zero-order valence-electron chi connectivity index (χ0n) is 37.1. The number of likely N-dealkylation sites (N-methyl/N-ethyl adjacent to an activating group) is 1. The molecular formula is C46H57N9O10. The number of carbonyl (C=O) groups is 6. The first-order chi connectivity index (χ1) is 31.4. The Morgan fingerprint density at radius 2 is 1.60 bits per heavy atom. The van der Waals surface area contributed by atoms with Crippen molar-refractivity contribution in [3.63, 3.8) is 0 Å². The molecule has 19 nitrogen and oxygen atoms in total. The predicted molar refractivity (Wildman–Crippen MR) is 236 cm³/mol. The third kappa shape index (κ3) is 12.0. The molecule has 65 heavy (non-hydrogen) atoms. The second-order valence-corrected chi connectivity index (χ2v) is 17.2. The number of amides is 6. The van der Waals surface area contributed by atoms with Crippen LogP contribution in [0.2, 0.25) is 0 Å². The highest BCUT2D eigenvalue weighted by atomic mass is 16.6. The smallest absolute Gasteiger partial charge is 0.276 e. The number of anilines is 2. The number of nitrogens with one attached hydrogen (secondary N) is 4. The number of hydrogen-bond donors (Lipinski definition) is 4. The molecule has 6 amide bonds. The van der Waals surface area contributed by atoms with E-state index >= 15 is 0 Å². The Morgan fingerprint density at radius 1 is 0.877 bits per heavy atom. The fraction of sp³-hybridized carbons (Fsp3) is 0.478. The zero-order chi connectivity index (χ0) is 45.9. The van der Waals surface area contributed by atoms with Crippen molar-refractivity contribution in [1.82, 2.24) is 35.1 Å². The van der Waals surface area contributed by atoms with Crippen molar-refractivity contribution in [1.29, 1.82) is 0 Å². The SMILES string of the molecule is CN(CCOCCOCCOCCOCC(=O)Nc1cccc2c1C(=O)N(C1CCC(=O)NC1=O)C2=O)CCC(c1ccccc1)n1cc(NC(=O)c2n[nH]c3c2CCC(C)(C)C3)cn1. The van der Waals surface area contributed by atoms with Gasteiger partial charge in [0.1, 0.15) is 12.6 Å². The van der Waals surface area contributed by atoms with Crippen LogP contribution in [0.5, 0.6) is 0 Å². The standard InChI is InChI=1S/C46H57N9O10/c1-46(2)16-14-32-35(26-46)51-52-41(32)43(59)48-31-27-47-54(28-31)36(30-8-5-4-6-9-30)15-17-53(3)18-19-62-20-21-63-22-23-64-24-25-65-29-39(57)49-34-11-7-10-33-40(34)45(61)55(44(33)60)37-12-13-38(56)50-42(37)58/h4-11,27-28,36-37H,12-26,29H2,1-3H3,(H,48,59)(H,49,57)(H,51,52)(H,50,56,58). The van der Waals surface area contributed by atoms with E-state index < -0.39 is 35.6 Å². The van der Waals surface area contributed by atoms with Crippen LogP contribution in [0.25, 0.3) is 0 Å². The van der Waals surface area contributed by atoms with Gasteiger partial charge in [-0.3, -0.25) is 48.8 Å². The van der Waals surface area contributed by atoms with Gasteiger partial charge in [0.15, 0.2) is 5.69 Å². The van der Waals surface area contributed by atoms with E-state index in [1.165, 1.54) is 18.2 Å². The minimum atomic E-state index is -1.11. The summed E-state index contributed by atoms with van der Waals surface area (Å²) in [5, 5.41) is 19.9. The van der Waals surface area contributed by atoms with Gasteiger partial charge in [0.25, 0.3) is 17.7 Å². The van der Waals surface area contributed by atoms with Crippen molar-refractivity contribution in [2.75, 3.05) is 83.6 Å². The van der Waals surface area contributed by atoms with Crippen molar-refractivity contribution < 1.29 is 47.7 Å². The predicted octanol–water partition coefficient (Wildman–Crippen LogP) is 3.39. The largest absolute Gasteiger partial charge is 0.378 e. The van der Waals surface area contributed by atoms with E-state index in [1.807, 2.05) is 29.1 Å². The lowest BCUT2D eigenvalue weighted by atomic mass is 9.76. The molecule has 0 spiro atoms. The molecule has 0 radical (unpaired) electrons. The molecule has 4 aromatic rings. The molecule has 19 heteroatoms. The van der Waals surface area contributed by atoms with Crippen molar-refractivity contribution in [3.05, 3.63) is 94.6 Å². The number of hydrogen-bond acceptors (Lipinski definition) is 13. The molecule has 4 heterocycles. The second-order valence-electron chi connectivity index (χ2n) is 17.2. The van der Waals surface area contributed by atoms with Crippen LogP contribution in [0.15, 0.2) is 60.9 Å². The van der Waals surface area contributed by atoms with Gasteiger partial charge in [-0.1, -0.05) is 50.2 Å². The minimum Gasteiger partial charge on any atom is -0.378 e. The third-order valence-corrected chi connectivity index (χ3v) is 11.7. The molecule has 0 bridgehead atoms. The highest BCUT2D eigenvalue weighted by Crippen LogP contribution is 2.36. The van der Waals surface area contributed by atoms with Crippen LogP contribution in [0.1, 0.15) is 93.6 Å². The Morgan fingerprint density at radius 3 is 2.34 bits per heavy atom. The van der Waals surface area contributed by atoms with Crippen LogP contribution < -0.4 is 16.0 Å². The first-order valence-corrected chi connectivity index (χ1v) is 22.0. The Balaban J connectivity index is 0.733. The highest BCUT2D eigenvalue weighted by Gasteiger charge is 2.45. The van der Waals surface area contributed by atoms with Gasteiger partial charge in [0, 0.05) is 37.0 Å². The van der Waals surface area contributed by atoms with Crippen molar-refractivity contribution >= 4 is 46.8 Å². The first-order valence-electron chi connectivity index (χ1n) is 22.0. The number of carbonyl (C=O) groups excluding carboxylic acids is 6.